The molecule has 11 heavy (non-hydrogen) atoms. The standard InChI is InChI=1S/C6H14.C5H10/c1-3-5-6-4-2;1-5-3-2-4-5/h3-6H2,1-2H3;5H,2-4H2,1H3. The minimum atomic E-state index is 1.06. The topological polar surface area (TPSA) is 0 Å². The summed E-state index contributed by atoms with van der Waals surface area (Å²) in [4.78, 5) is 0. The van der Waals surface area contributed by atoms with Crippen LogP contribution >= 0.6 is 0 Å². The van der Waals surface area contributed by atoms with Crippen LogP contribution in [0.15, 0.2) is 0 Å². The molecular formula is C11H24. The summed E-state index contributed by atoms with van der Waals surface area (Å²) in [6.07, 6.45) is 10.00. The second-order valence-electron chi connectivity index (χ2n) is 3.74. The lowest BCUT2D eigenvalue weighted by molar-refractivity contribution is 0.346. The van der Waals surface area contributed by atoms with Gasteiger partial charge in [-0.25, -0.2) is 0 Å². The molecule has 0 aromatic carbocycles. The minimum absolute atomic E-state index is 1.06. The van der Waals surface area contributed by atoms with Crippen LogP contribution in [0.5, 0.6) is 0 Å². The zero-order valence-corrected chi connectivity index (χ0v) is 8.53. The van der Waals surface area contributed by atoms with Crippen molar-refractivity contribution < 1.29 is 0 Å². The molecule has 1 rings (SSSR count). The van der Waals surface area contributed by atoms with Crippen molar-refractivity contribution in [2.75, 3.05) is 0 Å². The Morgan fingerprint density at radius 2 is 1.36 bits per heavy atom. The molecule has 0 unspecified atom stereocenters. The van der Waals surface area contributed by atoms with Crippen LogP contribution < -0.4 is 0 Å². The zero-order valence-electron chi connectivity index (χ0n) is 8.53. The molecule has 0 amide bonds. The van der Waals surface area contributed by atoms with Gasteiger partial charge in [-0.2, -0.15) is 0 Å². The minimum Gasteiger partial charge on any atom is -0.0654 e. The summed E-state index contributed by atoms with van der Waals surface area (Å²) in [5.41, 5.74) is 0. The highest BCUT2D eigenvalue weighted by Crippen LogP contribution is 2.24. The molecular weight excluding hydrogens is 132 g/mol. The highest BCUT2D eigenvalue weighted by Gasteiger charge is 2.09. The van der Waals surface area contributed by atoms with Crippen molar-refractivity contribution in [3.8, 4) is 0 Å². The molecule has 0 N–H and O–H groups in total. The molecule has 0 aromatic heterocycles. The van der Waals surface area contributed by atoms with Gasteiger partial charge in [0, 0.05) is 0 Å². The summed E-state index contributed by atoms with van der Waals surface area (Å²) < 4.78 is 0. The Morgan fingerprint density at radius 1 is 1.00 bits per heavy atom. The van der Waals surface area contributed by atoms with E-state index in [0.717, 1.165) is 5.92 Å². The highest BCUT2D eigenvalue weighted by atomic mass is 14.1. The molecule has 0 bridgehead atoms. The third kappa shape index (κ3) is 7.90. The predicted molar refractivity (Wildman–Crippen MR) is 52.8 cm³/mol. The number of hydrogen-bond acceptors (Lipinski definition) is 0. The van der Waals surface area contributed by atoms with E-state index >= 15 is 0 Å². The van der Waals surface area contributed by atoms with Crippen molar-refractivity contribution in [2.45, 2.75) is 65.7 Å². The maximum atomic E-state index is 2.31. The van der Waals surface area contributed by atoms with Gasteiger partial charge in [0.15, 0.2) is 0 Å². The summed E-state index contributed by atoms with van der Waals surface area (Å²) in [6, 6.07) is 0. The van der Waals surface area contributed by atoms with Gasteiger partial charge in [0.25, 0.3) is 0 Å². The quantitative estimate of drug-likeness (QED) is 0.531. The zero-order chi connectivity index (χ0) is 8.53. The first-order valence-corrected chi connectivity index (χ1v) is 5.31. The normalized spacial score (nSPS) is 16.6. The number of rotatable bonds is 3. The van der Waals surface area contributed by atoms with Crippen LogP contribution in [0.3, 0.4) is 0 Å². The third-order valence-electron chi connectivity index (χ3n) is 2.35. The molecule has 1 aliphatic carbocycles. The SMILES string of the molecule is CC1CCC1.CCCCCC. The van der Waals surface area contributed by atoms with Gasteiger partial charge in [0.1, 0.15) is 0 Å². The van der Waals surface area contributed by atoms with Crippen molar-refractivity contribution in [3.63, 3.8) is 0 Å². The van der Waals surface area contributed by atoms with Gasteiger partial charge < -0.3 is 0 Å². The second kappa shape index (κ2) is 8.10. The van der Waals surface area contributed by atoms with Crippen LogP contribution in [0.25, 0.3) is 0 Å². The maximum Gasteiger partial charge on any atom is -0.0443 e. The molecule has 1 fully saturated rings. The smallest absolute Gasteiger partial charge is 0.0443 e. The molecule has 0 aromatic rings. The Morgan fingerprint density at radius 3 is 1.45 bits per heavy atom. The molecule has 0 heterocycles. The molecule has 0 saturated heterocycles. The van der Waals surface area contributed by atoms with E-state index < -0.39 is 0 Å². The Kier molecular flexibility index (Phi) is 8.10. The van der Waals surface area contributed by atoms with Crippen molar-refractivity contribution >= 4 is 0 Å². The van der Waals surface area contributed by atoms with E-state index in [4.69, 9.17) is 0 Å². The van der Waals surface area contributed by atoms with Gasteiger partial charge in [-0.1, -0.05) is 65.7 Å². The molecule has 0 radical (unpaired) electrons. The third-order valence-corrected chi connectivity index (χ3v) is 2.35. The van der Waals surface area contributed by atoms with Crippen LogP contribution in [0.2, 0.25) is 0 Å². The lowest BCUT2D eigenvalue weighted by Gasteiger charge is -2.18. The van der Waals surface area contributed by atoms with Crippen LogP contribution in [-0.2, 0) is 0 Å². The first kappa shape index (κ1) is 11.0. The number of hydrogen-bond donors (Lipinski definition) is 0. The lowest BCUT2D eigenvalue weighted by atomic mass is 9.88. The molecule has 0 atom stereocenters. The van der Waals surface area contributed by atoms with Gasteiger partial charge in [-0.15, -0.1) is 0 Å². The fourth-order valence-electron chi connectivity index (χ4n) is 1.11. The average molecular weight is 156 g/mol. The van der Waals surface area contributed by atoms with Gasteiger partial charge in [0.2, 0.25) is 0 Å². The molecule has 0 spiro atoms. The largest absolute Gasteiger partial charge is 0.0654 e. The van der Waals surface area contributed by atoms with E-state index in [0.29, 0.717) is 0 Å². The molecule has 68 valence electrons. The summed E-state index contributed by atoms with van der Waals surface area (Å²) in [7, 11) is 0. The van der Waals surface area contributed by atoms with Crippen molar-refractivity contribution in [1.29, 1.82) is 0 Å². The molecule has 0 aliphatic heterocycles. The van der Waals surface area contributed by atoms with Gasteiger partial charge >= 0.3 is 0 Å². The molecule has 1 saturated carbocycles. The molecule has 0 heteroatoms. The van der Waals surface area contributed by atoms with Crippen molar-refractivity contribution in [3.05, 3.63) is 0 Å². The Hall–Kier alpha value is 0. The predicted octanol–water partition coefficient (Wildman–Crippen LogP) is 4.39. The summed E-state index contributed by atoms with van der Waals surface area (Å²) in [6.45, 7) is 6.77. The van der Waals surface area contributed by atoms with Crippen LogP contribution in [0, 0.1) is 5.92 Å². The Balaban J connectivity index is 0.000000183. The van der Waals surface area contributed by atoms with Crippen LogP contribution in [0.1, 0.15) is 65.7 Å². The maximum absolute atomic E-state index is 2.31. The van der Waals surface area contributed by atoms with E-state index in [2.05, 4.69) is 20.8 Å². The fourth-order valence-corrected chi connectivity index (χ4v) is 1.11. The highest BCUT2D eigenvalue weighted by molar-refractivity contribution is 4.62. The summed E-state index contributed by atoms with van der Waals surface area (Å²) in [5.74, 6) is 1.06. The summed E-state index contributed by atoms with van der Waals surface area (Å²) in [5, 5.41) is 0. The van der Waals surface area contributed by atoms with E-state index in [9.17, 15) is 0 Å². The second-order valence-corrected chi connectivity index (χ2v) is 3.74. The van der Waals surface area contributed by atoms with Crippen LogP contribution in [-0.4, -0.2) is 0 Å². The van der Waals surface area contributed by atoms with Crippen LogP contribution in [0.4, 0.5) is 0 Å². The first-order chi connectivity index (χ1) is 5.31. The number of unbranched alkanes of at least 4 members (excludes halogenated alkanes) is 3. The monoisotopic (exact) mass is 156 g/mol. The van der Waals surface area contributed by atoms with Crippen molar-refractivity contribution in [2.24, 2.45) is 5.92 Å². The van der Waals surface area contributed by atoms with Crippen molar-refractivity contribution in [1.82, 2.24) is 0 Å². The van der Waals surface area contributed by atoms with Gasteiger partial charge in [-0.05, 0) is 5.92 Å². The van der Waals surface area contributed by atoms with E-state index in [1.165, 1.54) is 44.9 Å². The molecule has 0 nitrogen and oxygen atoms in total. The molecule has 1 aliphatic rings. The lowest BCUT2D eigenvalue weighted by Crippen LogP contribution is -2.04. The first-order valence-electron chi connectivity index (χ1n) is 5.31. The summed E-state index contributed by atoms with van der Waals surface area (Å²) >= 11 is 0. The van der Waals surface area contributed by atoms with Gasteiger partial charge in [-0.3, -0.25) is 0 Å². The van der Waals surface area contributed by atoms with E-state index in [1.807, 2.05) is 0 Å². The average Bonchev–Trinajstić information content (AvgIpc) is 1.98. The Bertz CT molecular complexity index is 58.4. The van der Waals surface area contributed by atoms with E-state index in [-0.39, 0.29) is 0 Å². The fraction of sp³-hybridized carbons (Fsp3) is 1.00. The van der Waals surface area contributed by atoms with Gasteiger partial charge in [0.05, 0.1) is 0 Å². The van der Waals surface area contributed by atoms with E-state index in [1.54, 1.807) is 0 Å². The Labute approximate surface area is 72.4 Å².